The molecule has 6 heteroatoms. The lowest BCUT2D eigenvalue weighted by molar-refractivity contribution is 0.394. The van der Waals surface area contributed by atoms with E-state index in [9.17, 15) is 0 Å². The van der Waals surface area contributed by atoms with Crippen molar-refractivity contribution in [2.24, 2.45) is 0 Å². The summed E-state index contributed by atoms with van der Waals surface area (Å²) in [6.07, 6.45) is 3.17. The van der Waals surface area contributed by atoms with Crippen LogP contribution in [0.3, 0.4) is 0 Å². The summed E-state index contributed by atoms with van der Waals surface area (Å²) in [5.41, 5.74) is 7.17. The minimum absolute atomic E-state index is 0.409. The molecule has 0 aliphatic carbocycles. The maximum Gasteiger partial charge on any atom is 0.141 e. The molecule has 1 heterocycles. The van der Waals surface area contributed by atoms with E-state index >= 15 is 0 Å². The first kappa shape index (κ1) is 12.9. The lowest BCUT2D eigenvalue weighted by Gasteiger charge is -2.10. The van der Waals surface area contributed by atoms with Gasteiger partial charge in [0.25, 0.3) is 0 Å². The monoisotopic (exact) mass is 260 g/mol. The maximum absolute atomic E-state index is 5.48. The third kappa shape index (κ3) is 3.48. The molecule has 3 N–H and O–H groups in total. The second-order valence-electron chi connectivity index (χ2n) is 3.89. The van der Waals surface area contributed by atoms with Crippen molar-refractivity contribution in [2.75, 3.05) is 25.3 Å². The SMILES string of the molecule is COc1cc(NCc2cnc(N)cn2)cc(OC)c1. The van der Waals surface area contributed by atoms with E-state index in [0.29, 0.717) is 12.4 Å². The van der Waals surface area contributed by atoms with Gasteiger partial charge in [-0.2, -0.15) is 0 Å². The first-order chi connectivity index (χ1) is 9.21. The molecule has 0 unspecified atom stereocenters. The van der Waals surface area contributed by atoms with Gasteiger partial charge in [-0.1, -0.05) is 0 Å². The van der Waals surface area contributed by atoms with Gasteiger partial charge >= 0.3 is 0 Å². The molecule has 0 bridgehead atoms. The lowest BCUT2D eigenvalue weighted by atomic mass is 10.2. The molecular weight excluding hydrogens is 244 g/mol. The number of hydrogen-bond donors (Lipinski definition) is 2. The predicted octanol–water partition coefficient (Wildman–Crippen LogP) is 1.69. The van der Waals surface area contributed by atoms with Crippen molar-refractivity contribution < 1.29 is 9.47 Å². The van der Waals surface area contributed by atoms with Gasteiger partial charge in [0.15, 0.2) is 0 Å². The Hall–Kier alpha value is -2.50. The van der Waals surface area contributed by atoms with E-state index in [1.165, 1.54) is 6.20 Å². The molecule has 2 aromatic rings. The third-order valence-corrected chi connectivity index (χ3v) is 2.55. The Labute approximate surface area is 111 Å². The number of nitrogens with one attached hydrogen (secondary N) is 1. The van der Waals surface area contributed by atoms with E-state index in [4.69, 9.17) is 15.2 Å². The Morgan fingerprint density at radius 1 is 1.05 bits per heavy atom. The molecule has 0 fully saturated rings. The number of nitrogen functional groups attached to an aromatic ring is 1. The van der Waals surface area contributed by atoms with Gasteiger partial charge in [0, 0.05) is 23.9 Å². The zero-order valence-corrected chi connectivity index (χ0v) is 10.9. The standard InChI is InChI=1S/C13H16N4O2/c1-18-11-3-9(4-12(5-11)19-2)15-6-10-7-17-13(14)8-16-10/h3-5,7-8,15H,6H2,1-2H3,(H2,14,17). The highest BCUT2D eigenvalue weighted by Crippen LogP contribution is 2.25. The molecule has 1 aromatic heterocycles. The van der Waals surface area contributed by atoms with Crippen molar-refractivity contribution in [3.05, 3.63) is 36.3 Å². The van der Waals surface area contributed by atoms with Crippen molar-refractivity contribution in [3.63, 3.8) is 0 Å². The van der Waals surface area contributed by atoms with Crippen molar-refractivity contribution in [1.29, 1.82) is 0 Å². The van der Waals surface area contributed by atoms with Crippen molar-refractivity contribution in [2.45, 2.75) is 6.54 Å². The Morgan fingerprint density at radius 2 is 1.74 bits per heavy atom. The smallest absolute Gasteiger partial charge is 0.141 e. The largest absolute Gasteiger partial charge is 0.497 e. The minimum atomic E-state index is 0.409. The highest BCUT2D eigenvalue weighted by Gasteiger charge is 2.02. The van der Waals surface area contributed by atoms with Crippen LogP contribution < -0.4 is 20.5 Å². The molecule has 0 amide bonds. The summed E-state index contributed by atoms with van der Waals surface area (Å²) in [6.45, 7) is 0.545. The number of nitrogens with two attached hydrogens (primary N) is 1. The molecule has 100 valence electrons. The zero-order chi connectivity index (χ0) is 13.7. The van der Waals surface area contributed by atoms with Crippen LogP contribution >= 0.6 is 0 Å². The van der Waals surface area contributed by atoms with Crippen LogP contribution in [0.4, 0.5) is 11.5 Å². The number of aromatic nitrogens is 2. The molecule has 0 saturated heterocycles. The number of hydrogen-bond acceptors (Lipinski definition) is 6. The van der Waals surface area contributed by atoms with Gasteiger partial charge < -0.3 is 20.5 Å². The summed E-state index contributed by atoms with van der Waals surface area (Å²) >= 11 is 0. The van der Waals surface area contributed by atoms with E-state index < -0.39 is 0 Å². The number of methoxy groups -OCH3 is 2. The second-order valence-corrected chi connectivity index (χ2v) is 3.89. The Kier molecular flexibility index (Phi) is 4.02. The number of anilines is 2. The summed E-state index contributed by atoms with van der Waals surface area (Å²) in [7, 11) is 3.23. The average molecular weight is 260 g/mol. The number of ether oxygens (including phenoxy) is 2. The van der Waals surface area contributed by atoms with Gasteiger partial charge in [0.2, 0.25) is 0 Å². The van der Waals surface area contributed by atoms with Crippen LogP contribution in [0.25, 0.3) is 0 Å². The second kappa shape index (κ2) is 5.90. The summed E-state index contributed by atoms with van der Waals surface area (Å²) in [4.78, 5) is 8.15. The van der Waals surface area contributed by atoms with Gasteiger partial charge in [-0.15, -0.1) is 0 Å². The quantitative estimate of drug-likeness (QED) is 0.851. The van der Waals surface area contributed by atoms with E-state index in [-0.39, 0.29) is 0 Å². The van der Waals surface area contributed by atoms with Gasteiger partial charge in [-0.3, -0.25) is 4.98 Å². The molecule has 0 saturated carbocycles. The van der Waals surface area contributed by atoms with Crippen LogP contribution in [-0.2, 0) is 6.54 Å². The molecule has 2 rings (SSSR count). The van der Waals surface area contributed by atoms with Crippen molar-refractivity contribution >= 4 is 11.5 Å². The van der Waals surface area contributed by atoms with Crippen LogP contribution in [0.1, 0.15) is 5.69 Å². The number of rotatable bonds is 5. The van der Waals surface area contributed by atoms with Crippen LogP contribution in [0.5, 0.6) is 11.5 Å². The Bertz CT molecular complexity index is 521. The fourth-order valence-corrected chi connectivity index (χ4v) is 1.56. The first-order valence-corrected chi connectivity index (χ1v) is 5.74. The molecular formula is C13H16N4O2. The molecule has 0 atom stereocenters. The maximum atomic E-state index is 5.48. The van der Waals surface area contributed by atoms with Crippen LogP contribution in [-0.4, -0.2) is 24.2 Å². The highest BCUT2D eigenvalue weighted by atomic mass is 16.5. The Balaban J connectivity index is 2.08. The third-order valence-electron chi connectivity index (χ3n) is 2.55. The topological polar surface area (TPSA) is 82.3 Å². The van der Waals surface area contributed by atoms with E-state index in [2.05, 4.69) is 15.3 Å². The van der Waals surface area contributed by atoms with Crippen molar-refractivity contribution in [1.82, 2.24) is 9.97 Å². The fourth-order valence-electron chi connectivity index (χ4n) is 1.56. The van der Waals surface area contributed by atoms with Crippen LogP contribution in [0.15, 0.2) is 30.6 Å². The molecule has 6 nitrogen and oxygen atoms in total. The first-order valence-electron chi connectivity index (χ1n) is 5.74. The minimum Gasteiger partial charge on any atom is -0.497 e. The van der Waals surface area contributed by atoms with E-state index in [1.54, 1.807) is 20.4 Å². The molecule has 0 aliphatic heterocycles. The van der Waals surface area contributed by atoms with Gasteiger partial charge in [0.05, 0.1) is 38.9 Å². The highest BCUT2D eigenvalue weighted by molar-refractivity contribution is 5.53. The van der Waals surface area contributed by atoms with Crippen LogP contribution in [0, 0.1) is 0 Å². The Morgan fingerprint density at radius 3 is 2.26 bits per heavy atom. The molecule has 1 aromatic carbocycles. The van der Waals surface area contributed by atoms with E-state index in [1.807, 2.05) is 18.2 Å². The summed E-state index contributed by atoms with van der Waals surface area (Å²) in [6, 6.07) is 5.58. The summed E-state index contributed by atoms with van der Waals surface area (Å²) < 4.78 is 10.4. The number of benzene rings is 1. The molecule has 0 aliphatic rings. The predicted molar refractivity (Wildman–Crippen MR) is 73.3 cm³/mol. The van der Waals surface area contributed by atoms with Crippen molar-refractivity contribution in [3.8, 4) is 11.5 Å². The molecule has 19 heavy (non-hydrogen) atoms. The van der Waals surface area contributed by atoms with Gasteiger partial charge in [-0.05, 0) is 0 Å². The normalized spacial score (nSPS) is 10.0. The fraction of sp³-hybridized carbons (Fsp3) is 0.231. The zero-order valence-electron chi connectivity index (χ0n) is 10.9. The molecule has 0 spiro atoms. The van der Waals surface area contributed by atoms with E-state index in [0.717, 1.165) is 22.9 Å². The molecule has 0 radical (unpaired) electrons. The lowest BCUT2D eigenvalue weighted by Crippen LogP contribution is -2.03. The van der Waals surface area contributed by atoms with Gasteiger partial charge in [-0.25, -0.2) is 4.98 Å². The number of nitrogens with zero attached hydrogens (tertiary/aromatic N) is 2. The summed E-state index contributed by atoms with van der Waals surface area (Å²) in [5, 5.41) is 3.23. The van der Waals surface area contributed by atoms with Crippen LogP contribution in [0.2, 0.25) is 0 Å². The average Bonchev–Trinajstić information content (AvgIpc) is 2.46. The summed E-state index contributed by atoms with van der Waals surface area (Å²) in [5.74, 6) is 1.86. The van der Waals surface area contributed by atoms with Gasteiger partial charge in [0.1, 0.15) is 17.3 Å².